The number of hydrogen-bond donors (Lipinski definition) is 1. The molecule has 1 fully saturated rings. The molecule has 2 heterocycles. The first-order chi connectivity index (χ1) is 11.5. The normalized spacial score (nSPS) is 18.6. The van der Waals surface area contributed by atoms with Gasteiger partial charge in [0, 0.05) is 6.04 Å². The molecule has 0 bridgehead atoms. The number of imidazole rings is 1. The highest BCUT2D eigenvalue weighted by Crippen LogP contribution is 2.37. The molecule has 2 N–H and O–H groups in total. The molecule has 3 rings (SSSR count). The van der Waals surface area contributed by atoms with E-state index in [0.717, 1.165) is 37.3 Å². The van der Waals surface area contributed by atoms with E-state index in [1.54, 1.807) is 6.07 Å². The first-order valence-electron chi connectivity index (χ1n) is 8.75. The van der Waals surface area contributed by atoms with Crippen LogP contribution in [0, 0.1) is 0 Å². The van der Waals surface area contributed by atoms with Gasteiger partial charge in [0.1, 0.15) is 11.3 Å². The Bertz CT molecular complexity index is 738. The van der Waals surface area contributed by atoms with Gasteiger partial charge in [-0.05, 0) is 58.3 Å². The van der Waals surface area contributed by atoms with Gasteiger partial charge >= 0.3 is 6.09 Å². The highest BCUT2D eigenvalue weighted by atomic mass is 16.5. The smallest absolute Gasteiger partial charge is 0.408 e. The number of amides is 1. The number of nitrogens with zero attached hydrogens (tertiary/aromatic N) is 3. The average molecular weight is 330 g/mol. The van der Waals surface area contributed by atoms with Crippen molar-refractivity contribution in [2.75, 3.05) is 13.1 Å². The summed E-state index contributed by atoms with van der Waals surface area (Å²) in [5.74, 6) is 1.49. The van der Waals surface area contributed by atoms with Crippen LogP contribution in [0.1, 0.15) is 57.9 Å². The number of rotatable bonds is 5. The Morgan fingerprint density at radius 3 is 2.92 bits per heavy atom. The largest absolute Gasteiger partial charge is 0.410 e. The van der Waals surface area contributed by atoms with Gasteiger partial charge in [0.15, 0.2) is 5.75 Å². The number of aromatic nitrogens is 2. The summed E-state index contributed by atoms with van der Waals surface area (Å²) in [5, 5.41) is 0. The summed E-state index contributed by atoms with van der Waals surface area (Å²) in [6.45, 7) is 8.72. The van der Waals surface area contributed by atoms with Gasteiger partial charge in [-0.2, -0.15) is 0 Å². The predicted octanol–water partition coefficient (Wildman–Crippen LogP) is 3.62. The summed E-state index contributed by atoms with van der Waals surface area (Å²) in [5.41, 5.74) is 6.90. The zero-order valence-electron chi connectivity index (χ0n) is 14.7. The summed E-state index contributed by atoms with van der Waals surface area (Å²) >= 11 is 0. The lowest BCUT2D eigenvalue weighted by molar-refractivity contribution is 0.211. The summed E-state index contributed by atoms with van der Waals surface area (Å²) in [6, 6.07) is 6.24. The molecule has 1 saturated heterocycles. The van der Waals surface area contributed by atoms with Gasteiger partial charge in [-0.15, -0.1) is 0 Å². The number of primary amides is 1. The molecule has 6 heteroatoms. The number of benzene rings is 1. The molecule has 6 nitrogen and oxygen atoms in total. The van der Waals surface area contributed by atoms with E-state index in [2.05, 4.69) is 30.2 Å². The van der Waals surface area contributed by atoms with Crippen molar-refractivity contribution in [3.63, 3.8) is 0 Å². The average Bonchev–Trinajstić information content (AvgIpc) is 3.11. The molecule has 2 aromatic rings. The molecule has 1 atom stereocenters. The highest BCUT2D eigenvalue weighted by Gasteiger charge is 2.31. The number of hydrogen-bond acceptors (Lipinski definition) is 4. The van der Waals surface area contributed by atoms with Crippen molar-refractivity contribution in [3.8, 4) is 5.75 Å². The molecule has 24 heavy (non-hydrogen) atoms. The first-order valence-corrected chi connectivity index (χ1v) is 8.75. The van der Waals surface area contributed by atoms with E-state index in [4.69, 9.17) is 15.5 Å². The van der Waals surface area contributed by atoms with Crippen molar-refractivity contribution in [1.82, 2.24) is 14.5 Å². The van der Waals surface area contributed by atoms with Gasteiger partial charge in [-0.25, -0.2) is 9.78 Å². The Labute approximate surface area is 142 Å². The Morgan fingerprint density at radius 2 is 2.25 bits per heavy atom. The maximum absolute atomic E-state index is 11.2. The molecule has 130 valence electrons. The third-order valence-corrected chi connectivity index (χ3v) is 4.61. The van der Waals surface area contributed by atoms with Crippen LogP contribution in [-0.2, 0) is 0 Å². The van der Waals surface area contributed by atoms with E-state index in [0.29, 0.717) is 17.3 Å². The van der Waals surface area contributed by atoms with Crippen LogP contribution in [0.25, 0.3) is 11.0 Å². The van der Waals surface area contributed by atoms with Crippen molar-refractivity contribution < 1.29 is 9.53 Å². The third-order valence-electron chi connectivity index (χ3n) is 4.61. The van der Waals surface area contributed by atoms with Crippen LogP contribution in [0.15, 0.2) is 18.2 Å². The van der Waals surface area contributed by atoms with Crippen LogP contribution >= 0.6 is 0 Å². The predicted molar refractivity (Wildman–Crippen MR) is 94.2 cm³/mol. The highest BCUT2D eigenvalue weighted by molar-refractivity contribution is 5.85. The molecule has 1 aliphatic heterocycles. The van der Waals surface area contributed by atoms with Gasteiger partial charge < -0.3 is 15.0 Å². The minimum Gasteiger partial charge on any atom is -0.408 e. The van der Waals surface area contributed by atoms with Gasteiger partial charge in [-0.3, -0.25) is 4.90 Å². The van der Waals surface area contributed by atoms with Crippen LogP contribution in [-0.4, -0.2) is 33.6 Å². The number of carbonyl (C=O) groups excluding carboxylic acids is 1. The molecule has 1 aliphatic rings. The Kier molecular flexibility index (Phi) is 4.76. The molecule has 1 amide bonds. The minimum absolute atomic E-state index is 0.276. The molecule has 0 saturated carbocycles. The molecule has 1 aromatic heterocycles. The van der Waals surface area contributed by atoms with Gasteiger partial charge in [0.25, 0.3) is 0 Å². The van der Waals surface area contributed by atoms with Gasteiger partial charge in [0.2, 0.25) is 0 Å². The number of carbonyl (C=O) groups is 1. The Morgan fingerprint density at radius 1 is 1.46 bits per heavy atom. The number of para-hydroxylation sites is 1. The SMILES string of the molecule is CCCN1CCCC1c1nc2c(OC(N)=O)cccc2n1C(C)C. The first kappa shape index (κ1) is 16.8. The van der Waals surface area contributed by atoms with Crippen molar-refractivity contribution in [3.05, 3.63) is 24.0 Å². The van der Waals surface area contributed by atoms with Crippen molar-refractivity contribution in [2.45, 2.75) is 52.1 Å². The molecule has 0 radical (unpaired) electrons. The Balaban J connectivity index is 2.13. The fraction of sp³-hybridized carbons (Fsp3) is 0.556. The summed E-state index contributed by atoms with van der Waals surface area (Å²) in [4.78, 5) is 18.6. The quantitative estimate of drug-likeness (QED) is 0.908. The second-order valence-electron chi connectivity index (χ2n) is 6.67. The number of nitrogens with two attached hydrogens (primary N) is 1. The molecular formula is C18H26N4O2. The standard InChI is InChI=1S/C18H26N4O2/c1-4-10-21-11-6-8-14(21)17-20-16-13(22(17)12(2)3)7-5-9-15(16)24-18(19)23/h5,7,9,12,14H,4,6,8,10-11H2,1-3H3,(H2,19,23). The second-order valence-corrected chi connectivity index (χ2v) is 6.67. The van der Waals surface area contributed by atoms with E-state index in [1.165, 1.54) is 6.42 Å². The monoisotopic (exact) mass is 330 g/mol. The van der Waals surface area contributed by atoms with Crippen LogP contribution < -0.4 is 10.5 Å². The number of likely N-dealkylation sites (tertiary alicyclic amines) is 1. The summed E-state index contributed by atoms with van der Waals surface area (Å²) in [7, 11) is 0. The number of fused-ring (bicyclic) bond motifs is 1. The second kappa shape index (κ2) is 6.81. The summed E-state index contributed by atoms with van der Waals surface area (Å²) in [6.07, 6.45) is 2.63. The third kappa shape index (κ3) is 2.98. The maximum atomic E-state index is 11.2. The van der Waals surface area contributed by atoms with Crippen LogP contribution in [0.2, 0.25) is 0 Å². The molecular weight excluding hydrogens is 304 g/mol. The van der Waals surface area contributed by atoms with E-state index < -0.39 is 6.09 Å². The van der Waals surface area contributed by atoms with E-state index >= 15 is 0 Å². The Hall–Kier alpha value is -2.08. The van der Waals surface area contributed by atoms with Crippen molar-refractivity contribution in [2.24, 2.45) is 5.73 Å². The lowest BCUT2D eigenvalue weighted by atomic mass is 10.2. The van der Waals surface area contributed by atoms with E-state index in [1.807, 2.05) is 12.1 Å². The fourth-order valence-electron chi connectivity index (χ4n) is 3.75. The van der Waals surface area contributed by atoms with Crippen LogP contribution in [0.4, 0.5) is 4.79 Å². The van der Waals surface area contributed by atoms with E-state index in [-0.39, 0.29) is 6.04 Å². The molecule has 0 aliphatic carbocycles. The van der Waals surface area contributed by atoms with Crippen LogP contribution in [0.5, 0.6) is 5.75 Å². The lowest BCUT2D eigenvalue weighted by Crippen LogP contribution is -2.26. The fourth-order valence-corrected chi connectivity index (χ4v) is 3.75. The molecule has 0 spiro atoms. The van der Waals surface area contributed by atoms with Crippen LogP contribution in [0.3, 0.4) is 0 Å². The summed E-state index contributed by atoms with van der Waals surface area (Å²) < 4.78 is 7.43. The molecule has 1 unspecified atom stereocenters. The maximum Gasteiger partial charge on any atom is 0.410 e. The lowest BCUT2D eigenvalue weighted by Gasteiger charge is -2.25. The van der Waals surface area contributed by atoms with Gasteiger partial charge in [-0.1, -0.05) is 13.0 Å². The zero-order valence-corrected chi connectivity index (χ0v) is 14.7. The van der Waals surface area contributed by atoms with E-state index in [9.17, 15) is 4.79 Å². The zero-order chi connectivity index (χ0) is 17.3. The molecule has 1 aromatic carbocycles. The topological polar surface area (TPSA) is 73.4 Å². The van der Waals surface area contributed by atoms with Crippen molar-refractivity contribution in [1.29, 1.82) is 0 Å². The minimum atomic E-state index is -0.809. The van der Waals surface area contributed by atoms with Gasteiger partial charge in [0.05, 0.1) is 11.6 Å². The number of ether oxygens (including phenoxy) is 1. The van der Waals surface area contributed by atoms with Crippen molar-refractivity contribution >= 4 is 17.1 Å².